The molecule has 2 unspecified atom stereocenters. The molecule has 0 spiro atoms. The summed E-state index contributed by atoms with van der Waals surface area (Å²) >= 11 is 0. The summed E-state index contributed by atoms with van der Waals surface area (Å²) in [6.07, 6.45) is 1.42. The molecule has 1 aliphatic rings. The number of esters is 1. The summed E-state index contributed by atoms with van der Waals surface area (Å²) in [6.45, 7) is 4.60. The average Bonchev–Trinajstić information content (AvgIpc) is 3.56. The van der Waals surface area contributed by atoms with E-state index in [0.29, 0.717) is 38.2 Å². The Kier molecular flexibility index (Phi) is 6.60. The third-order valence-corrected chi connectivity index (χ3v) is 6.11. The molecule has 1 fully saturated rings. The molecule has 1 aromatic heterocycles. The van der Waals surface area contributed by atoms with Crippen LogP contribution in [-0.2, 0) is 27.4 Å². The quantitative estimate of drug-likeness (QED) is 0.290. The molecule has 33 heavy (non-hydrogen) atoms. The Labute approximate surface area is 192 Å². The summed E-state index contributed by atoms with van der Waals surface area (Å²) in [5, 5.41) is 10.1. The topological polar surface area (TPSA) is 97.8 Å². The monoisotopic (exact) mass is 448 g/mol. The number of nitrogens with zero attached hydrogens (tertiary/aromatic N) is 1. The Balaban J connectivity index is 1.45. The number of pyridine rings is 1. The van der Waals surface area contributed by atoms with Crippen LogP contribution in [0.25, 0.3) is 10.9 Å². The molecule has 0 saturated heterocycles. The van der Waals surface area contributed by atoms with Gasteiger partial charge in [-0.15, -0.1) is 0 Å². The van der Waals surface area contributed by atoms with Crippen molar-refractivity contribution in [2.24, 2.45) is 11.3 Å². The highest BCUT2D eigenvalue weighted by Crippen LogP contribution is 2.56. The lowest BCUT2D eigenvalue weighted by Gasteiger charge is -2.16. The van der Waals surface area contributed by atoms with Gasteiger partial charge in [-0.25, -0.2) is 5.48 Å². The van der Waals surface area contributed by atoms with Crippen LogP contribution in [0.2, 0.25) is 0 Å². The number of aromatic nitrogens is 1. The molecule has 1 amide bonds. The number of para-hydroxylation sites is 1. The maximum Gasteiger partial charge on any atom is 0.313 e. The van der Waals surface area contributed by atoms with Gasteiger partial charge in [-0.05, 0) is 56.0 Å². The average molecular weight is 449 g/mol. The zero-order valence-corrected chi connectivity index (χ0v) is 18.8. The molecule has 1 aliphatic carbocycles. The van der Waals surface area contributed by atoms with E-state index in [0.717, 1.165) is 27.7 Å². The van der Waals surface area contributed by atoms with Crippen molar-refractivity contribution in [3.05, 3.63) is 71.4 Å². The zero-order valence-electron chi connectivity index (χ0n) is 18.8. The zero-order chi connectivity index (χ0) is 23.4. The molecule has 172 valence electrons. The van der Waals surface area contributed by atoms with Gasteiger partial charge < -0.3 is 9.47 Å². The minimum Gasteiger partial charge on any atom is -0.489 e. The Morgan fingerprint density at radius 3 is 2.67 bits per heavy atom. The van der Waals surface area contributed by atoms with Crippen LogP contribution in [0.4, 0.5) is 0 Å². The number of amides is 1. The van der Waals surface area contributed by atoms with Crippen LogP contribution >= 0.6 is 0 Å². The van der Waals surface area contributed by atoms with E-state index >= 15 is 0 Å². The molecular weight excluding hydrogens is 420 g/mol. The summed E-state index contributed by atoms with van der Waals surface area (Å²) in [4.78, 5) is 29.2. The minimum absolute atomic E-state index is 0.310. The Bertz CT molecular complexity index is 1160. The third-order valence-electron chi connectivity index (χ3n) is 6.11. The van der Waals surface area contributed by atoms with Gasteiger partial charge in [0.15, 0.2) is 0 Å². The van der Waals surface area contributed by atoms with Crippen molar-refractivity contribution in [1.29, 1.82) is 0 Å². The number of rotatable bonds is 9. The fraction of sp³-hybridized carbons (Fsp3) is 0.346. The predicted octanol–water partition coefficient (Wildman–Crippen LogP) is 4.13. The number of hydrogen-bond donors (Lipinski definition) is 2. The first-order valence-corrected chi connectivity index (χ1v) is 11.1. The first kappa shape index (κ1) is 22.7. The van der Waals surface area contributed by atoms with Crippen LogP contribution in [-0.4, -0.2) is 28.7 Å². The van der Waals surface area contributed by atoms with E-state index in [2.05, 4.69) is 4.98 Å². The number of carbonyl (C=O) groups excluding carboxylic acids is 2. The molecule has 1 saturated carbocycles. The maximum atomic E-state index is 12.7. The normalized spacial score (nSPS) is 19.2. The van der Waals surface area contributed by atoms with Crippen molar-refractivity contribution in [1.82, 2.24) is 10.5 Å². The molecule has 2 atom stereocenters. The second-order valence-electron chi connectivity index (χ2n) is 8.57. The van der Waals surface area contributed by atoms with Crippen LogP contribution in [0.3, 0.4) is 0 Å². The van der Waals surface area contributed by atoms with Gasteiger partial charge in [0.2, 0.25) is 5.91 Å². The number of carbonyl (C=O) groups is 2. The van der Waals surface area contributed by atoms with E-state index in [1.807, 2.05) is 68.4 Å². The largest absolute Gasteiger partial charge is 0.489 e. The molecule has 2 N–H and O–H groups in total. The lowest BCUT2D eigenvalue weighted by atomic mass is 9.93. The molecule has 2 aromatic carbocycles. The third kappa shape index (κ3) is 4.83. The van der Waals surface area contributed by atoms with Crippen molar-refractivity contribution in [2.45, 2.75) is 39.7 Å². The first-order valence-electron chi connectivity index (χ1n) is 11.1. The summed E-state index contributed by atoms with van der Waals surface area (Å²) < 4.78 is 11.4. The van der Waals surface area contributed by atoms with Gasteiger partial charge in [0, 0.05) is 16.6 Å². The number of benzene rings is 2. The molecule has 1 heterocycles. The van der Waals surface area contributed by atoms with Crippen molar-refractivity contribution in [3.63, 3.8) is 0 Å². The van der Waals surface area contributed by atoms with Crippen LogP contribution in [0.1, 0.15) is 36.6 Å². The van der Waals surface area contributed by atoms with E-state index in [1.165, 1.54) is 0 Å². The van der Waals surface area contributed by atoms with Gasteiger partial charge in [-0.3, -0.25) is 19.8 Å². The number of aryl methyl sites for hydroxylation is 1. The predicted molar refractivity (Wildman–Crippen MR) is 123 cm³/mol. The number of fused-ring (bicyclic) bond motifs is 1. The number of nitrogens with one attached hydrogen (secondary N) is 1. The fourth-order valence-electron chi connectivity index (χ4n) is 4.30. The SMILES string of the molecule is CCCOC(=O)C1(Cc2ccc(OCc3cc(C)nc4ccccc34)cc2)CC1C(=O)NO. The molecule has 0 bridgehead atoms. The van der Waals surface area contributed by atoms with E-state index in [4.69, 9.17) is 14.7 Å². The second kappa shape index (κ2) is 9.58. The van der Waals surface area contributed by atoms with Gasteiger partial charge >= 0.3 is 5.97 Å². The van der Waals surface area contributed by atoms with Crippen molar-refractivity contribution < 1.29 is 24.3 Å². The minimum atomic E-state index is -0.933. The van der Waals surface area contributed by atoms with E-state index < -0.39 is 23.2 Å². The maximum absolute atomic E-state index is 12.7. The van der Waals surface area contributed by atoms with E-state index in [9.17, 15) is 9.59 Å². The number of hydrogen-bond acceptors (Lipinski definition) is 6. The van der Waals surface area contributed by atoms with Crippen molar-refractivity contribution in [2.75, 3.05) is 6.61 Å². The Morgan fingerprint density at radius 1 is 1.18 bits per heavy atom. The van der Waals surface area contributed by atoms with Gasteiger partial charge in [-0.2, -0.15) is 0 Å². The van der Waals surface area contributed by atoms with Crippen molar-refractivity contribution in [3.8, 4) is 5.75 Å². The fourth-order valence-corrected chi connectivity index (χ4v) is 4.30. The van der Waals surface area contributed by atoms with Gasteiger partial charge in [0.25, 0.3) is 0 Å². The summed E-state index contributed by atoms with van der Waals surface area (Å²) in [5.41, 5.74) is 4.58. The molecule has 7 nitrogen and oxygen atoms in total. The summed E-state index contributed by atoms with van der Waals surface area (Å²) in [6, 6.07) is 17.5. The molecule has 0 radical (unpaired) electrons. The highest BCUT2D eigenvalue weighted by Gasteiger charge is 2.64. The van der Waals surface area contributed by atoms with Gasteiger partial charge in [-0.1, -0.05) is 37.3 Å². The summed E-state index contributed by atoms with van der Waals surface area (Å²) in [5.74, 6) is -0.826. The molecule has 7 heteroatoms. The van der Waals surface area contributed by atoms with Gasteiger partial charge in [0.05, 0.1) is 23.5 Å². The number of hydroxylamine groups is 1. The van der Waals surface area contributed by atoms with Gasteiger partial charge in [0.1, 0.15) is 12.4 Å². The highest BCUT2D eigenvalue weighted by atomic mass is 16.5. The molecular formula is C26H28N2O5. The van der Waals surface area contributed by atoms with E-state index in [-0.39, 0.29) is 0 Å². The van der Waals surface area contributed by atoms with E-state index in [1.54, 1.807) is 5.48 Å². The molecule has 3 aromatic rings. The highest BCUT2D eigenvalue weighted by molar-refractivity contribution is 5.93. The standard InChI is InChI=1S/C26H28N2O5/c1-3-12-32-25(30)26(15-22(26)24(29)28-31)14-18-8-10-20(11-9-18)33-16-19-13-17(2)27-23-7-5-4-6-21(19)23/h4-11,13,22,31H,3,12,14-16H2,1-2H3,(H,28,29). The first-order chi connectivity index (χ1) is 16.0. The molecule has 0 aliphatic heterocycles. The van der Waals surface area contributed by atoms with Crippen LogP contribution in [0, 0.1) is 18.3 Å². The number of ether oxygens (including phenoxy) is 2. The summed E-state index contributed by atoms with van der Waals surface area (Å²) in [7, 11) is 0. The lowest BCUT2D eigenvalue weighted by molar-refractivity contribution is -0.152. The smallest absolute Gasteiger partial charge is 0.313 e. The van der Waals surface area contributed by atoms with Crippen LogP contribution < -0.4 is 10.2 Å². The Morgan fingerprint density at radius 2 is 1.94 bits per heavy atom. The second-order valence-corrected chi connectivity index (χ2v) is 8.57. The lowest BCUT2D eigenvalue weighted by Crippen LogP contribution is -2.30. The van der Waals surface area contributed by atoms with Crippen molar-refractivity contribution >= 4 is 22.8 Å². The van der Waals surface area contributed by atoms with Crippen LogP contribution in [0.15, 0.2) is 54.6 Å². The molecule has 4 rings (SSSR count). The Hall–Kier alpha value is -3.45. The van der Waals surface area contributed by atoms with Crippen LogP contribution in [0.5, 0.6) is 5.75 Å².